The van der Waals surface area contributed by atoms with Gasteiger partial charge in [-0.3, -0.25) is 0 Å². The van der Waals surface area contributed by atoms with Crippen molar-refractivity contribution < 1.29 is 9.13 Å². The molecule has 0 spiro atoms. The molecule has 0 fully saturated rings. The molecule has 0 aromatic heterocycles. The molecule has 106 valence electrons. The normalized spacial score (nSPS) is 12.2. The van der Waals surface area contributed by atoms with E-state index >= 15 is 0 Å². The minimum atomic E-state index is -0.200. The molecule has 0 aliphatic heterocycles. The van der Waals surface area contributed by atoms with Gasteiger partial charge in [-0.25, -0.2) is 4.39 Å². The average Bonchev–Trinajstić information content (AvgIpc) is 2.45. The molecule has 1 unspecified atom stereocenters. The molecule has 0 saturated carbocycles. The van der Waals surface area contributed by atoms with Gasteiger partial charge in [-0.2, -0.15) is 0 Å². The van der Waals surface area contributed by atoms with Crippen molar-refractivity contribution in [2.75, 3.05) is 14.2 Å². The van der Waals surface area contributed by atoms with Gasteiger partial charge in [0.25, 0.3) is 0 Å². The number of benzene rings is 2. The maximum absolute atomic E-state index is 14.1. The molecule has 2 rings (SSSR count). The predicted molar refractivity (Wildman–Crippen MR) is 79.8 cm³/mol. The van der Waals surface area contributed by atoms with Gasteiger partial charge in [-0.1, -0.05) is 29.8 Å². The molecule has 0 aliphatic carbocycles. The van der Waals surface area contributed by atoms with E-state index in [1.807, 2.05) is 45.2 Å². The van der Waals surface area contributed by atoms with Gasteiger partial charge in [0.2, 0.25) is 0 Å². The van der Waals surface area contributed by atoms with Crippen LogP contribution in [-0.2, 0) is 0 Å². The summed E-state index contributed by atoms with van der Waals surface area (Å²) in [4.78, 5) is 0. The minimum Gasteiger partial charge on any atom is -0.496 e. The number of hydrogen-bond donors (Lipinski definition) is 1. The van der Waals surface area contributed by atoms with E-state index in [-0.39, 0.29) is 11.9 Å². The number of hydrogen-bond acceptors (Lipinski definition) is 2. The molecule has 1 N–H and O–H groups in total. The Balaban J connectivity index is 2.49. The molecule has 20 heavy (non-hydrogen) atoms. The lowest BCUT2D eigenvalue weighted by molar-refractivity contribution is 0.410. The van der Waals surface area contributed by atoms with Crippen LogP contribution in [0.4, 0.5) is 4.39 Å². The van der Waals surface area contributed by atoms with E-state index in [4.69, 9.17) is 4.74 Å². The maximum Gasteiger partial charge on any atom is 0.128 e. The quantitative estimate of drug-likeness (QED) is 0.915. The van der Waals surface area contributed by atoms with Gasteiger partial charge >= 0.3 is 0 Å². The second-order valence-corrected chi connectivity index (χ2v) is 4.98. The molecule has 0 radical (unpaired) electrons. The Labute approximate surface area is 119 Å². The zero-order chi connectivity index (χ0) is 14.7. The van der Waals surface area contributed by atoms with E-state index in [1.54, 1.807) is 13.2 Å². The van der Waals surface area contributed by atoms with E-state index < -0.39 is 0 Å². The van der Waals surface area contributed by atoms with Crippen LogP contribution < -0.4 is 10.1 Å². The summed E-state index contributed by atoms with van der Waals surface area (Å²) in [6.07, 6.45) is 0. The van der Waals surface area contributed by atoms with Crippen molar-refractivity contribution in [3.63, 3.8) is 0 Å². The summed E-state index contributed by atoms with van der Waals surface area (Å²) in [7, 11) is 3.48. The molecule has 2 aromatic rings. The molecule has 3 heteroatoms. The van der Waals surface area contributed by atoms with Gasteiger partial charge in [0.05, 0.1) is 13.2 Å². The fourth-order valence-electron chi connectivity index (χ4n) is 2.40. The maximum atomic E-state index is 14.1. The van der Waals surface area contributed by atoms with E-state index in [1.165, 1.54) is 6.07 Å². The first-order valence-corrected chi connectivity index (χ1v) is 6.64. The number of aryl methyl sites for hydroxylation is 2. The Morgan fingerprint density at radius 1 is 1.10 bits per heavy atom. The first-order valence-electron chi connectivity index (χ1n) is 6.64. The molecule has 0 heterocycles. The van der Waals surface area contributed by atoms with Gasteiger partial charge in [-0.05, 0) is 44.2 Å². The molecule has 0 amide bonds. The molecule has 1 atom stereocenters. The summed E-state index contributed by atoms with van der Waals surface area (Å²) in [5, 5.41) is 3.18. The molecule has 2 aromatic carbocycles. The summed E-state index contributed by atoms with van der Waals surface area (Å²) in [6.45, 7) is 3.95. The lowest BCUT2D eigenvalue weighted by Gasteiger charge is -2.19. The van der Waals surface area contributed by atoms with Crippen LogP contribution in [-0.4, -0.2) is 14.2 Å². The molecule has 0 bridgehead atoms. The van der Waals surface area contributed by atoms with E-state index in [0.717, 1.165) is 22.4 Å². The monoisotopic (exact) mass is 273 g/mol. The highest BCUT2D eigenvalue weighted by Gasteiger charge is 2.17. The Bertz CT molecular complexity index is 610. The SMILES string of the molecule is CNC(c1ccc(C)c(OC)c1)c1cc(C)ccc1F. The van der Waals surface area contributed by atoms with Gasteiger partial charge in [0.15, 0.2) is 0 Å². The minimum absolute atomic E-state index is 0.190. The standard InChI is InChI=1S/C17H20FNO/c1-11-5-8-15(18)14(9-11)17(19-3)13-7-6-12(2)16(10-13)20-4/h5-10,17,19H,1-4H3. The third kappa shape index (κ3) is 2.83. The van der Waals surface area contributed by atoms with Crippen LogP contribution in [0.1, 0.15) is 28.3 Å². The van der Waals surface area contributed by atoms with Crippen molar-refractivity contribution in [2.45, 2.75) is 19.9 Å². The molecule has 0 aliphatic rings. The zero-order valence-corrected chi connectivity index (χ0v) is 12.3. The van der Waals surface area contributed by atoms with Crippen LogP contribution in [0.2, 0.25) is 0 Å². The highest BCUT2D eigenvalue weighted by Crippen LogP contribution is 2.29. The average molecular weight is 273 g/mol. The van der Waals surface area contributed by atoms with Crippen LogP contribution in [0, 0.1) is 19.7 Å². The summed E-state index contributed by atoms with van der Waals surface area (Å²) >= 11 is 0. The Morgan fingerprint density at radius 3 is 2.50 bits per heavy atom. The summed E-state index contributed by atoms with van der Waals surface area (Å²) < 4.78 is 19.4. The highest BCUT2D eigenvalue weighted by atomic mass is 19.1. The van der Waals surface area contributed by atoms with Crippen LogP contribution in [0.3, 0.4) is 0 Å². The lowest BCUT2D eigenvalue weighted by atomic mass is 9.96. The number of nitrogens with one attached hydrogen (secondary N) is 1. The first kappa shape index (κ1) is 14.5. The van der Waals surface area contributed by atoms with E-state index in [9.17, 15) is 4.39 Å². The number of methoxy groups -OCH3 is 1. The second-order valence-electron chi connectivity index (χ2n) is 4.98. The second kappa shape index (κ2) is 6.06. The number of ether oxygens (including phenoxy) is 1. The third-order valence-electron chi connectivity index (χ3n) is 3.52. The zero-order valence-electron chi connectivity index (χ0n) is 12.3. The molecular formula is C17H20FNO. The topological polar surface area (TPSA) is 21.3 Å². The van der Waals surface area contributed by atoms with Crippen molar-refractivity contribution in [2.24, 2.45) is 0 Å². The van der Waals surface area contributed by atoms with Crippen LogP contribution >= 0.6 is 0 Å². The molecule has 0 saturated heterocycles. The van der Waals surface area contributed by atoms with E-state index in [0.29, 0.717) is 5.56 Å². The summed E-state index contributed by atoms with van der Waals surface area (Å²) in [6, 6.07) is 10.9. The summed E-state index contributed by atoms with van der Waals surface area (Å²) in [5.41, 5.74) is 3.74. The third-order valence-corrected chi connectivity index (χ3v) is 3.52. The smallest absolute Gasteiger partial charge is 0.128 e. The van der Waals surface area contributed by atoms with Crippen LogP contribution in [0.25, 0.3) is 0 Å². The van der Waals surface area contributed by atoms with Gasteiger partial charge in [0, 0.05) is 5.56 Å². The fraction of sp³-hybridized carbons (Fsp3) is 0.294. The first-order chi connectivity index (χ1) is 9.56. The summed E-state index contributed by atoms with van der Waals surface area (Å²) in [5.74, 6) is 0.616. The number of rotatable bonds is 4. The van der Waals surface area contributed by atoms with Crippen LogP contribution in [0.15, 0.2) is 36.4 Å². The van der Waals surface area contributed by atoms with Gasteiger partial charge in [0.1, 0.15) is 11.6 Å². The Morgan fingerprint density at radius 2 is 1.85 bits per heavy atom. The van der Waals surface area contributed by atoms with Crippen molar-refractivity contribution in [1.29, 1.82) is 0 Å². The van der Waals surface area contributed by atoms with Crippen LogP contribution in [0.5, 0.6) is 5.75 Å². The van der Waals surface area contributed by atoms with Crippen molar-refractivity contribution in [1.82, 2.24) is 5.32 Å². The van der Waals surface area contributed by atoms with Gasteiger partial charge in [-0.15, -0.1) is 0 Å². The fourth-order valence-corrected chi connectivity index (χ4v) is 2.40. The lowest BCUT2D eigenvalue weighted by Crippen LogP contribution is -2.19. The highest BCUT2D eigenvalue weighted by molar-refractivity contribution is 5.42. The van der Waals surface area contributed by atoms with E-state index in [2.05, 4.69) is 5.32 Å². The van der Waals surface area contributed by atoms with Crippen molar-refractivity contribution in [3.8, 4) is 5.75 Å². The van der Waals surface area contributed by atoms with Gasteiger partial charge < -0.3 is 10.1 Å². The van der Waals surface area contributed by atoms with Crippen molar-refractivity contribution >= 4 is 0 Å². The molecule has 2 nitrogen and oxygen atoms in total. The molecular weight excluding hydrogens is 253 g/mol. The Hall–Kier alpha value is -1.87. The number of halogens is 1. The Kier molecular flexibility index (Phi) is 4.40. The largest absolute Gasteiger partial charge is 0.496 e. The predicted octanol–water partition coefficient (Wildman–Crippen LogP) is 3.76. The van der Waals surface area contributed by atoms with Crippen molar-refractivity contribution in [3.05, 3.63) is 64.5 Å².